The summed E-state index contributed by atoms with van der Waals surface area (Å²) in [7, 11) is 0. The molecule has 0 aromatic heterocycles. The van der Waals surface area contributed by atoms with Crippen LogP contribution in [0.15, 0.2) is 42.5 Å². The predicted octanol–water partition coefficient (Wildman–Crippen LogP) is 6.20. The lowest BCUT2D eigenvalue weighted by Crippen LogP contribution is -2.13. The molecule has 0 heterocycles. The van der Waals surface area contributed by atoms with Gasteiger partial charge < -0.3 is 9.47 Å². The zero-order chi connectivity index (χ0) is 21.1. The monoisotopic (exact) mass is 392 g/mol. The Kier molecular flexibility index (Phi) is 6.21. The third kappa shape index (κ3) is 4.76. The van der Waals surface area contributed by atoms with Crippen LogP contribution in [-0.4, -0.2) is 11.9 Å². The lowest BCUT2D eigenvalue weighted by atomic mass is 9.99. The first-order valence-corrected chi connectivity index (χ1v) is 10.1. The van der Waals surface area contributed by atoms with Crippen molar-refractivity contribution < 1.29 is 19.1 Å². The Balaban J connectivity index is 2.23. The standard InChI is InChI=1S/C25H28O4/c1-15(2)12-22(26)28-24-18-8-6-7-9-19(18)25(29-23(27)13-16(3)4)21-14-17(5)10-11-20(21)24/h6-11,14-16H,12-13H2,1-5H3. The van der Waals surface area contributed by atoms with E-state index in [-0.39, 0.29) is 23.8 Å². The van der Waals surface area contributed by atoms with Crippen LogP contribution in [0.4, 0.5) is 0 Å². The summed E-state index contributed by atoms with van der Waals surface area (Å²) < 4.78 is 11.7. The maximum absolute atomic E-state index is 12.5. The molecule has 0 aliphatic heterocycles. The average molecular weight is 392 g/mol. The van der Waals surface area contributed by atoms with Crippen LogP contribution >= 0.6 is 0 Å². The Morgan fingerprint density at radius 2 is 1.17 bits per heavy atom. The number of rotatable bonds is 6. The number of carbonyl (C=O) groups excluding carboxylic acids is 2. The number of benzene rings is 3. The number of aryl methyl sites for hydroxylation is 1. The highest BCUT2D eigenvalue weighted by Crippen LogP contribution is 2.43. The third-order valence-corrected chi connectivity index (χ3v) is 4.66. The van der Waals surface area contributed by atoms with Gasteiger partial charge in [0, 0.05) is 34.4 Å². The summed E-state index contributed by atoms with van der Waals surface area (Å²) in [6, 6.07) is 13.4. The Morgan fingerprint density at radius 3 is 1.66 bits per heavy atom. The number of ether oxygens (including phenoxy) is 2. The van der Waals surface area contributed by atoms with Crippen molar-refractivity contribution in [2.75, 3.05) is 0 Å². The Morgan fingerprint density at radius 1 is 0.724 bits per heavy atom. The summed E-state index contributed by atoms with van der Waals surface area (Å²) >= 11 is 0. The molecule has 3 aromatic rings. The lowest BCUT2D eigenvalue weighted by molar-refractivity contribution is -0.136. The van der Waals surface area contributed by atoms with Gasteiger partial charge in [-0.15, -0.1) is 0 Å². The van der Waals surface area contributed by atoms with E-state index in [9.17, 15) is 9.59 Å². The fraction of sp³-hybridized carbons (Fsp3) is 0.360. The number of carbonyl (C=O) groups is 2. The molecular weight excluding hydrogens is 364 g/mol. The molecule has 0 atom stereocenters. The minimum atomic E-state index is -0.267. The summed E-state index contributed by atoms with van der Waals surface area (Å²) in [6.45, 7) is 9.92. The molecule has 0 spiro atoms. The van der Waals surface area contributed by atoms with Gasteiger partial charge in [0.25, 0.3) is 0 Å². The van der Waals surface area contributed by atoms with Crippen LogP contribution in [-0.2, 0) is 9.59 Å². The van der Waals surface area contributed by atoms with Crippen LogP contribution in [0.2, 0.25) is 0 Å². The highest BCUT2D eigenvalue weighted by Gasteiger charge is 2.20. The quantitative estimate of drug-likeness (QED) is 0.284. The molecule has 0 aliphatic carbocycles. The first kappa shape index (κ1) is 20.8. The van der Waals surface area contributed by atoms with Crippen molar-refractivity contribution in [2.45, 2.75) is 47.5 Å². The maximum atomic E-state index is 12.5. The number of esters is 2. The highest BCUT2D eigenvalue weighted by atomic mass is 16.5. The first-order chi connectivity index (χ1) is 13.8. The number of fused-ring (bicyclic) bond motifs is 2. The van der Waals surface area contributed by atoms with E-state index >= 15 is 0 Å². The summed E-state index contributed by atoms with van der Waals surface area (Å²) in [5.41, 5.74) is 1.04. The number of hydrogen-bond acceptors (Lipinski definition) is 4. The Bertz CT molecular complexity index is 1060. The molecule has 4 nitrogen and oxygen atoms in total. The normalized spacial score (nSPS) is 11.4. The van der Waals surface area contributed by atoms with E-state index < -0.39 is 0 Å². The van der Waals surface area contributed by atoms with Gasteiger partial charge in [-0.25, -0.2) is 0 Å². The zero-order valence-corrected chi connectivity index (χ0v) is 17.7. The largest absolute Gasteiger partial charge is 0.425 e. The SMILES string of the molecule is Cc1ccc2c(OC(=O)CC(C)C)c3ccccc3c(OC(=O)CC(C)C)c2c1. The van der Waals surface area contributed by atoms with Gasteiger partial charge in [-0.05, 0) is 24.8 Å². The van der Waals surface area contributed by atoms with Gasteiger partial charge in [-0.2, -0.15) is 0 Å². The van der Waals surface area contributed by atoms with E-state index in [1.165, 1.54) is 0 Å². The van der Waals surface area contributed by atoms with Crippen molar-refractivity contribution in [3.8, 4) is 11.5 Å². The molecule has 0 aliphatic rings. The molecule has 0 amide bonds. The lowest BCUT2D eigenvalue weighted by Gasteiger charge is -2.17. The zero-order valence-electron chi connectivity index (χ0n) is 17.7. The molecule has 0 saturated carbocycles. The van der Waals surface area contributed by atoms with E-state index in [4.69, 9.17) is 9.47 Å². The molecule has 0 saturated heterocycles. The second kappa shape index (κ2) is 8.64. The van der Waals surface area contributed by atoms with Crippen molar-refractivity contribution in [3.63, 3.8) is 0 Å². The second-order valence-corrected chi connectivity index (χ2v) is 8.40. The minimum absolute atomic E-state index is 0.207. The van der Waals surface area contributed by atoms with Gasteiger partial charge in [0.05, 0.1) is 0 Å². The second-order valence-electron chi connectivity index (χ2n) is 8.40. The van der Waals surface area contributed by atoms with Gasteiger partial charge in [0.2, 0.25) is 0 Å². The van der Waals surface area contributed by atoms with Crippen LogP contribution in [0.3, 0.4) is 0 Å². The van der Waals surface area contributed by atoms with Crippen LogP contribution in [0, 0.1) is 18.8 Å². The van der Waals surface area contributed by atoms with E-state index in [2.05, 4.69) is 0 Å². The van der Waals surface area contributed by atoms with Crippen LogP contribution in [0.25, 0.3) is 21.5 Å². The van der Waals surface area contributed by atoms with Crippen molar-refractivity contribution in [2.24, 2.45) is 11.8 Å². The third-order valence-electron chi connectivity index (χ3n) is 4.66. The van der Waals surface area contributed by atoms with Crippen molar-refractivity contribution in [3.05, 3.63) is 48.0 Å². The molecule has 3 aromatic carbocycles. The average Bonchev–Trinajstić information content (AvgIpc) is 2.63. The first-order valence-electron chi connectivity index (χ1n) is 10.1. The summed E-state index contributed by atoms with van der Waals surface area (Å²) in [4.78, 5) is 24.9. The Hall–Kier alpha value is -2.88. The van der Waals surface area contributed by atoms with E-state index in [1.807, 2.05) is 77.1 Å². The van der Waals surface area contributed by atoms with Crippen LogP contribution in [0.1, 0.15) is 46.1 Å². The molecule has 29 heavy (non-hydrogen) atoms. The Labute approximate surface area is 171 Å². The molecule has 3 rings (SSSR count). The summed E-state index contributed by atoms with van der Waals surface area (Å²) in [6.07, 6.45) is 0.680. The molecule has 0 unspecified atom stereocenters. The van der Waals surface area contributed by atoms with Crippen molar-refractivity contribution in [1.82, 2.24) is 0 Å². The molecule has 0 N–H and O–H groups in total. The van der Waals surface area contributed by atoms with Crippen molar-refractivity contribution in [1.29, 1.82) is 0 Å². The minimum Gasteiger partial charge on any atom is -0.425 e. The predicted molar refractivity (Wildman–Crippen MR) is 116 cm³/mol. The summed E-state index contributed by atoms with van der Waals surface area (Å²) in [5, 5.41) is 3.05. The molecule has 4 heteroatoms. The van der Waals surface area contributed by atoms with Gasteiger partial charge >= 0.3 is 11.9 Å². The molecule has 0 bridgehead atoms. The highest BCUT2D eigenvalue weighted by molar-refractivity contribution is 6.12. The van der Waals surface area contributed by atoms with E-state index in [0.717, 1.165) is 27.1 Å². The van der Waals surface area contributed by atoms with Gasteiger partial charge in [-0.1, -0.05) is 69.7 Å². The van der Waals surface area contributed by atoms with Gasteiger partial charge in [0.1, 0.15) is 11.5 Å². The maximum Gasteiger partial charge on any atom is 0.311 e. The fourth-order valence-electron chi connectivity index (χ4n) is 3.41. The van der Waals surface area contributed by atoms with Gasteiger partial charge in [-0.3, -0.25) is 9.59 Å². The number of hydrogen-bond donors (Lipinski definition) is 0. The fourth-order valence-corrected chi connectivity index (χ4v) is 3.41. The van der Waals surface area contributed by atoms with E-state index in [0.29, 0.717) is 24.3 Å². The molecule has 0 radical (unpaired) electrons. The molecule has 0 fully saturated rings. The summed E-state index contributed by atoms with van der Waals surface area (Å²) in [5.74, 6) is 0.921. The van der Waals surface area contributed by atoms with Crippen LogP contribution in [0.5, 0.6) is 11.5 Å². The van der Waals surface area contributed by atoms with Crippen molar-refractivity contribution >= 4 is 33.5 Å². The smallest absolute Gasteiger partial charge is 0.311 e. The van der Waals surface area contributed by atoms with Gasteiger partial charge in [0.15, 0.2) is 0 Å². The topological polar surface area (TPSA) is 52.6 Å². The molecule has 152 valence electrons. The molecular formula is C25H28O4. The van der Waals surface area contributed by atoms with E-state index in [1.54, 1.807) is 0 Å². The van der Waals surface area contributed by atoms with Crippen LogP contribution < -0.4 is 9.47 Å².